The zero-order chi connectivity index (χ0) is 26.5. The van der Waals surface area contributed by atoms with Gasteiger partial charge in [-0.15, -0.1) is 0 Å². The van der Waals surface area contributed by atoms with Gasteiger partial charge >= 0.3 is 11.9 Å². The Morgan fingerprint density at radius 3 is 1.69 bits per heavy atom. The fraction of sp³-hybridized carbons (Fsp3) is 0.812. The van der Waals surface area contributed by atoms with E-state index in [4.69, 9.17) is 9.84 Å². The second-order valence-electron chi connectivity index (χ2n) is 10.3. The van der Waals surface area contributed by atoms with Crippen LogP contribution in [0.5, 0.6) is 0 Å². The topological polar surface area (TPSA) is 63.6 Å². The van der Waals surface area contributed by atoms with Crippen LogP contribution in [0.3, 0.4) is 0 Å². The lowest BCUT2D eigenvalue weighted by Crippen LogP contribution is -2.21. The van der Waals surface area contributed by atoms with Gasteiger partial charge in [-0.3, -0.25) is 9.59 Å². The molecule has 0 aliphatic rings. The van der Waals surface area contributed by atoms with E-state index in [0.717, 1.165) is 38.5 Å². The number of carbonyl (C=O) groups excluding carboxylic acids is 1. The van der Waals surface area contributed by atoms with Crippen molar-refractivity contribution in [2.75, 3.05) is 0 Å². The summed E-state index contributed by atoms with van der Waals surface area (Å²) in [5.74, 6) is -1.12. The molecule has 0 spiro atoms. The first-order valence-corrected chi connectivity index (χ1v) is 15.3. The molecule has 0 saturated heterocycles. The smallest absolute Gasteiger partial charge is 0.307 e. The first-order chi connectivity index (χ1) is 17.6. The zero-order valence-electron chi connectivity index (χ0n) is 23.8. The van der Waals surface area contributed by atoms with Crippen LogP contribution in [-0.4, -0.2) is 23.1 Å². The normalized spacial score (nSPS) is 12.5. The highest BCUT2D eigenvalue weighted by molar-refractivity contribution is 5.71. The minimum Gasteiger partial charge on any atom is -0.481 e. The number of hydrogen-bond acceptors (Lipinski definition) is 3. The summed E-state index contributed by atoms with van der Waals surface area (Å²) in [6, 6.07) is 0. The van der Waals surface area contributed by atoms with E-state index in [1.807, 2.05) is 0 Å². The van der Waals surface area contributed by atoms with E-state index in [2.05, 4.69) is 38.2 Å². The van der Waals surface area contributed by atoms with E-state index >= 15 is 0 Å². The maximum atomic E-state index is 12.1. The zero-order valence-corrected chi connectivity index (χ0v) is 23.8. The molecule has 1 atom stereocenters. The second-order valence-corrected chi connectivity index (χ2v) is 10.3. The Balaban J connectivity index is 3.57. The van der Waals surface area contributed by atoms with Crippen molar-refractivity contribution in [2.24, 2.45) is 0 Å². The number of allylic oxidation sites excluding steroid dienone is 4. The lowest BCUT2D eigenvalue weighted by molar-refractivity contribution is -0.153. The van der Waals surface area contributed by atoms with Gasteiger partial charge in [0.25, 0.3) is 0 Å². The van der Waals surface area contributed by atoms with Crippen LogP contribution in [0.4, 0.5) is 0 Å². The molecule has 0 aromatic heterocycles. The van der Waals surface area contributed by atoms with E-state index in [1.54, 1.807) is 0 Å². The number of carboxylic acid groups (broad SMARTS) is 1. The van der Waals surface area contributed by atoms with Crippen molar-refractivity contribution in [3.8, 4) is 0 Å². The third kappa shape index (κ3) is 27.0. The van der Waals surface area contributed by atoms with Crippen LogP contribution in [0.15, 0.2) is 24.3 Å². The van der Waals surface area contributed by atoms with Crippen molar-refractivity contribution in [1.29, 1.82) is 0 Å². The number of rotatable bonds is 27. The Bertz CT molecular complexity index is 552. The molecule has 4 heteroatoms. The molecule has 0 fully saturated rings. The molecule has 0 amide bonds. The van der Waals surface area contributed by atoms with Gasteiger partial charge in [0.2, 0.25) is 0 Å². The van der Waals surface area contributed by atoms with Crippen molar-refractivity contribution in [3.63, 3.8) is 0 Å². The molecule has 210 valence electrons. The molecule has 0 saturated carbocycles. The van der Waals surface area contributed by atoms with E-state index in [9.17, 15) is 9.59 Å². The molecular weight excluding hydrogens is 448 g/mol. The molecular formula is C32H58O4. The predicted molar refractivity (Wildman–Crippen MR) is 153 cm³/mol. The molecule has 0 radical (unpaired) electrons. The molecule has 0 aromatic carbocycles. The van der Waals surface area contributed by atoms with E-state index in [0.29, 0.717) is 12.8 Å². The van der Waals surface area contributed by atoms with Crippen LogP contribution < -0.4 is 0 Å². The van der Waals surface area contributed by atoms with Crippen molar-refractivity contribution < 1.29 is 19.4 Å². The van der Waals surface area contributed by atoms with Gasteiger partial charge in [0.1, 0.15) is 6.10 Å². The summed E-state index contributed by atoms with van der Waals surface area (Å²) in [5.41, 5.74) is 0. The minimum absolute atomic E-state index is 0.0770. The van der Waals surface area contributed by atoms with Crippen molar-refractivity contribution in [3.05, 3.63) is 24.3 Å². The van der Waals surface area contributed by atoms with Crippen LogP contribution in [-0.2, 0) is 14.3 Å². The Morgan fingerprint density at radius 2 is 1.11 bits per heavy atom. The Hall–Kier alpha value is -1.58. The van der Waals surface area contributed by atoms with Crippen LogP contribution in [0.2, 0.25) is 0 Å². The maximum Gasteiger partial charge on any atom is 0.307 e. The van der Waals surface area contributed by atoms with Gasteiger partial charge < -0.3 is 9.84 Å². The number of aliphatic carboxylic acids is 1. The Kier molecular flexibility index (Phi) is 26.8. The average Bonchev–Trinajstić information content (AvgIpc) is 2.85. The Morgan fingerprint density at radius 1 is 0.639 bits per heavy atom. The number of esters is 1. The van der Waals surface area contributed by atoms with E-state index in [1.165, 1.54) is 89.9 Å². The molecule has 0 bridgehead atoms. The third-order valence-electron chi connectivity index (χ3n) is 6.66. The third-order valence-corrected chi connectivity index (χ3v) is 6.66. The first-order valence-electron chi connectivity index (χ1n) is 15.3. The number of ether oxygens (including phenoxy) is 1. The summed E-state index contributed by atoms with van der Waals surface area (Å²) in [7, 11) is 0. The minimum atomic E-state index is -0.890. The number of unbranched alkanes of at least 4 members (excludes halogenated alkanes) is 16. The highest BCUT2D eigenvalue weighted by Crippen LogP contribution is 2.15. The van der Waals surface area contributed by atoms with Crippen LogP contribution in [0, 0.1) is 0 Å². The van der Waals surface area contributed by atoms with Gasteiger partial charge in [-0.2, -0.15) is 0 Å². The summed E-state index contributed by atoms with van der Waals surface area (Å²) in [5, 5.41) is 9.09. The van der Waals surface area contributed by atoms with Crippen LogP contribution >= 0.6 is 0 Å². The van der Waals surface area contributed by atoms with Crippen LogP contribution in [0.1, 0.15) is 162 Å². The van der Waals surface area contributed by atoms with Gasteiger partial charge in [0.05, 0.1) is 6.42 Å². The monoisotopic (exact) mass is 506 g/mol. The Labute approximate surface area is 223 Å². The number of carboxylic acids is 1. The largest absolute Gasteiger partial charge is 0.481 e. The predicted octanol–water partition coefficient (Wildman–Crippen LogP) is 10.1. The molecule has 0 aromatic rings. The summed E-state index contributed by atoms with van der Waals surface area (Å²) in [6.45, 7) is 4.42. The molecule has 0 heterocycles. The fourth-order valence-electron chi connectivity index (χ4n) is 4.41. The lowest BCUT2D eigenvalue weighted by atomic mass is 10.1. The van der Waals surface area contributed by atoms with Gasteiger partial charge in [0, 0.05) is 6.42 Å². The SMILES string of the molecule is CCCCC/C=C\C/C=C\CCCCCCCCCCCC(=O)OC(CCCCCCC)CC(=O)O. The maximum absolute atomic E-state index is 12.1. The molecule has 0 rings (SSSR count). The lowest BCUT2D eigenvalue weighted by Gasteiger charge is -2.16. The molecule has 36 heavy (non-hydrogen) atoms. The number of hydrogen-bond donors (Lipinski definition) is 1. The van der Waals surface area contributed by atoms with Crippen molar-refractivity contribution in [2.45, 2.75) is 168 Å². The van der Waals surface area contributed by atoms with Gasteiger partial charge in [0.15, 0.2) is 0 Å². The quantitative estimate of drug-likeness (QED) is 0.0683. The van der Waals surface area contributed by atoms with E-state index < -0.39 is 12.1 Å². The second kappa shape index (κ2) is 28.0. The highest BCUT2D eigenvalue weighted by Gasteiger charge is 2.17. The standard InChI is InChI=1S/C32H58O4/c1-3-5-7-9-10-11-12-13-14-15-16-17-18-19-20-21-22-24-26-28-32(35)36-30(29-31(33)34)27-25-23-8-6-4-2/h10-11,13-14,30H,3-9,12,15-29H2,1-2H3,(H,33,34)/b11-10-,14-13-. The molecule has 1 unspecified atom stereocenters. The van der Waals surface area contributed by atoms with Crippen molar-refractivity contribution >= 4 is 11.9 Å². The van der Waals surface area contributed by atoms with E-state index in [-0.39, 0.29) is 12.4 Å². The summed E-state index contributed by atoms with van der Waals surface area (Å²) >= 11 is 0. The van der Waals surface area contributed by atoms with Gasteiger partial charge in [-0.05, 0) is 51.4 Å². The highest BCUT2D eigenvalue weighted by atomic mass is 16.5. The summed E-state index contributed by atoms with van der Waals surface area (Å²) in [4.78, 5) is 23.2. The fourth-order valence-corrected chi connectivity index (χ4v) is 4.41. The molecule has 1 N–H and O–H groups in total. The van der Waals surface area contributed by atoms with Crippen molar-refractivity contribution in [1.82, 2.24) is 0 Å². The van der Waals surface area contributed by atoms with Crippen LogP contribution in [0.25, 0.3) is 0 Å². The average molecular weight is 507 g/mol. The van der Waals surface area contributed by atoms with Gasteiger partial charge in [-0.1, -0.05) is 122 Å². The molecule has 0 aliphatic carbocycles. The number of carbonyl (C=O) groups is 2. The molecule has 0 aliphatic heterocycles. The molecule has 4 nitrogen and oxygen atoms in total. The summed E-state index contributed by atoms with van der Waals surface area (Å²) in [6.07, 6.45) is 33.6. The van der Waals surface area contributed by atoms with Gasteiger partial charge in [-0.25, -0.2) is 0 Å². The first kappa shape index (κ1) is 34.4. The summed E-state index contributed by atoms with van der Waals surface area (Å²) < 4.78 is 5.48.